The number of guanidine groups is 1. The van der Waals surface area contributed by atoms with Crippen LogP contribution >= 0.6 is 27.5 Å². The summed E-state index contributed by atoms with van der Waals surface area (Å²) in [4.78, 5) is 16.3. The van der Waals surface area contributed by atoms with Crippen LogP contribution in [0.4, 0.5) is 0 Å². The first-order valence-electron chi connectivity index (χ1n) is 5.73. The van der Waals surface area contributed by atoms with Crippen molar-refractivity contribution in [2.75, 3.05) is 0 Å². The lowest BCUT2D eigenvalue weighted by atomic mass is 10.1. The molecule has 1 aromatic carbocycles. The topological polar surface area (TPSA) is 53.5 Å². The van der Waals surface area contributed by atoms with Crippen molar-refractivity contribution in [3.63, 3.8) is 0 Å². The number of carbonyl (C=O) groups is 1. The van der Waals surface area contributed by atoms with Gasteiger partial charge in [0.2, 0.25) is 0 Å². The molecule has 0 bridgehead atoms. The Kier molecular flexibility index (Phi) is 3.03. The standard InChI is InChI=1S/C12H11BrClN3O/c13-6-1-4-9(14)8(5-6)10-11(18)17-12(16-10)15-7-2-3-7/h1,4-5,7,10H,2-3H2,(H2,15,16,17,18). The number of nitrogens with zero attached hydrogens (tertiary/aromatic N) is 1. The zero-order valence-corrected chi connectivity index (χ0v) is 11.8. The minimum Gasteiger partial charge on any atom is -0.353 e. The molecule has 1 atom stereocenters. The molecule has 1 aromatic rings. The van der Waals surface area contributed by atoms with Crippen LogP contribution in [0, 0.1) is 0 Å². The first kappa shape index (κ1) is 12.0. The van der Waals surface area contributed by atoms with Gasteiger partial charge in [-0.3, -0.25) is 10.1 Å². The maximum absolute atomic E-state index is 11.9. The van der Waals surface area contributed by atoms with Crippen molar-refractivity contribution in [3.8, 4) is 0 Å². The zero-order chi connectivity index (χ0) is 12.7. The molecule has 1 heterocycles. The Morgan fingerprint density at radius 2 is 2.22 bits per heavy atom. The van der Waals surface area contributed by atoms with E-state index in [0.29, 0.717) is 17.0 Å². The van der Waals surface area contributed by atoms with Gasteiger partial charge in [-0.1, -0.05) is 27.5 Å². The van der Waals surface area contributed by atoms with E-state index in [1.807, 2.05) is 12.1 Å². The summed E-state index contributed by atoms with van der Waals surface area (Å²) in [5.74, 6) is 0.418. The second kappa shape index (κ2) is 4.55. The summed E-state index contributed by atoms with van der Waals surface area (Å²) in [6.45, 7) is 0. The predicted octanol–water partition coefficient (Wildman–Crippen LogP) is 2.38. The number of benzene rings is 1. The van der Waals surface area contributed by atoms with E-state index < -0.39 is 6.04 Å². The van der Waals surface area contributed by atoms with Gasteiger partial charge in [-0.25, -0.2) is 4.99 Å². The smallest absolute Gasteiger partial charge is 0.256 e. The Bertz CT molecular complexity index is 542. The number of carbonyl (C=O) groups excluding carboxylic acids is 1. The fourth-order valence-corrected chi connectivity index (χ4v) is 2.43. The van der Waals surface area contributed by atoms with Crippen LogP contribution in [0.3, 0.4) is 0 Å². The molecule has 2 aliphatic rings. The molecular weight excluding hydrogens is 318 g/mol. The third-order valence-electron chi connectivity index (χ3n) is 2.92. The monoisotopic (exact) mass is 327 g/mol. The summed E-state index contributed by atoms with van der Waals surface area (Å²) in [6.07, 6.45) is 2.27. The van der Waals surface area contributed by atoms with Crippen LogP contribution in [0.1, 0.15) is 24.4 Å². The zero-order valence-electron chi connectivity index (χ0n) is 9.41. The summed E-state index contributed by atoms with van der Waals surface area (Å²) in [6, 6.07) is 5.33. The SMILES string of the molecule is O=C1NC(NC2CC2)=NC1c1cc(Br)ccc1Cl. The van der Waals surface area contributed by atoms with Crippen molar-refractivity contribution in [1.29, 1.82) is 0 Å². The minimum absolute atomic E-state index is 0.141. The number of halogens is 2. The number of amides is 1. The van der Waals surface area contributed by atoms with Gasteiger partial charge in [0.1, 0.15) is 0 Å². The van der Waals surface area contributed by atoms with E-state index in [-0.39, 0.29) is 5.91 Å². The summed E-state index contributed by atoms with van der Waals surface area (Å²) >= 11 is 9.49. The van der Waals surface area contributed by atoms with Gasteiger partial charge in [0.25, 0.3) is 5.91 Å². The highest BCUT2D eigenvalue weighted by Crippen LogP contribution is 2.31. The van der Waals surface area contributed by atoms with E-state index in [4.69, 9.17) is 11.6 Å². The van der Waals surface area contributed by atoms with Crippen molar-refractivity contribution in [3.05, 3.63) is 33.3 Å². The minimum atomic E-state index is -0.559. The molecule has 4 nitrogen and oxygen atoms in total. The van der Waals surface area contributed by atoms with Gasteiger partial charge in [-0.2, -0.15) is 0 Å². The molecule has 3 rings (SSSR count). The Balaban J connectivity index is 1.88. The molecule has 1 amide bonds. The summed E-state index contributed by atoms with van der Waals surface area (Å²) in [5.41, 5.74) is 0.719. The quantitative estimate of drug-likeness (QED) is 0.876. The molecule has 18 heavy (non-hydrogen) atoms. The number of hydrogen-bond acceptors (Lipinski definition) is 3. The lowest BCUT2D eigenvalue weighted by Gasteiger charge is -2.07. The lowest BCUT2D eigenvalue weighted by molar-refractivity contribution is -0.120. The van der Waals surface area contributed by atoms with Gasteiger partial charge in [0, 0.05) is 21.1 Å². The van der Waals surface area contributed by atoms with Crippen molar-refractivity contribution in [2.45, 2.75) is 24.9 Å². The van der Waals surface area contributed by atoms with Gasteiger partial charge in [0.15, 0.2) is 12.0 Å². The van der Waals surface area contributed by atoms with Crippen LogP contribution in [0.5, 0.6) is 0 Å². The van der Waals surface area contributed by atoms with Crippen molar-refractivity contribution >= 4 is 39.4 Å². The van der Waals surface area contributed by atoms with Crippen LogP contribution in [-0.2, 0) is 4.79 Å². The lowest BCUT2D eigenvalue weighted by Crippen LogP contribution is -2.37. The van der Waals surface area contributed by atoms with Gasteiger partial charge >= 0.3 is 0 Å². The number of hydrogen-bond donors (Lipinski definition) is 2. The normalized spacial score (nSPS) is 22.7. The first-order valence-corrected chi connectivity index (χ1v) is 6.91. The van der Waals surface area contributed by atoms with E-state index in [0.717, 1.165) is 22.9 Å². The Morgan fingerprint density at radius 3 is 2.94 bits per heavy atom. The molecule has 1 aliphatic carbocycles. The van der Waals surface area contributed by atoms with Crippen molar-refractivity contribution < 1.29 is 4.79 Å². The Morgan fingerprint density at radius 1 is 1.44 bits per heavy atom. The molecule has 0 spiro atoms. The van der Waals surface area contributed by atoms with E-state index in [9.17, 15) is 4.79 Å². The fourth-order valence-electron chi connectivity index (χ4n) is 1.83. The molecule has 0 radical (unpaired) electrons. The van der Waals surface area contributed by atoms with Crippen LogP contribution in [0.15, 0.2) is 27.7 Å². The van der Waals surface area contributed by atoms with Gasteiger partial charge in [-0.05, 0) is 31.0 Å². The molecule has 1 unspecified atom stereocenters. The number of rotatable bonds is 2. The van der Waals surface area contributed by atoms with Crippen LogP contribution in [0.25, 0.3) is 0 Å². The number of aliphatic imine (C=N–C) groups is 1. The largest absolute Gasteiger partial charge is 0.353 e. The van der Waals surface area contributed by atoms with Crippen LogP contribution in [0.2, 0.25) is 5.02 Å². The van der Waals surface area contributed by atoms with E-state index in [1.54, 1.807) is 6.07 Å². The number of nitrogens with one attached hydrogen (secondary N) is 2. The average molecular weight is 329 g/mol. The molecule has 6 heteroatoms. The molecule has 0 aromatic heterocycles. The molecule has 94 valence electrons. The third kappa shape index (κ3) is 2.37. The molecule has 2 N–H and O–H groups in total. The molecule has 1 saturated carbocycles. The molecule has 1 aliphatic heterocycles. The molecule has 0 saturated heterocycles. The van der Waals surface area contributed by atoms with Gasteiger partial charge in [0.05, 0.1) is 0 Å². The highest BCUT2D eigenvalue weighted by atomic mass is 79.9. The van der Waals surface area contributed by atoms with E-state index >= 15 is 0 Å². The maximum Gasteiger partial charge on any atom is 0.256 e. The van der Waals surface area contributed by atoms with E-state index in [1.165, 1.54) is 0 Å². The van der Waals surface area contributed by atoms with Crippen LogP contribution < -0.4 is 10.6 Å². The maximum atomic E-state index is 11.9. The van der Waals surface area contributed by atoms with Crippen molar-refractivity contribution in [1.82, 2.24) is 10.6 Å². The third-order valence-corrected chi connectivity index (χ3v) is 3.76. The van der Waals surface area contributed by atoms with Crippen molar-refractivity contribution in [2.24, 2.45) is 4.99 Å². The predicted molar refractivity (Wildman–Crippen MR) is 73.6 cm³/mol. The summed E-state index contributed by atoms with van der Waals surface area (Å²) < 4.78 is 0.883. The first-order chi connectivity index (χ1) is 8.63. The Hall–Kier alpha value is -1.07. The van der Waals surface area contributed by atoms with Gasteiger partial charge in [-0.15, -0.1) is 0 Å². The summed E-state index contributed by atoms with van der Waals surface area (Å²) in [5, 5.41) is 6.48. The van der Waals surface area contributed by atoms with Gasteiger partial charge < -0.3 is 5.32 Å². The second-order valence-corrected chi connectivity index (χ2v) is 5.78. The fraction of sp³-hybridized carbons (Fsp3) is 0.333. The van der Waals surface area contributed by atoms with E-state index in [2.05, 4.69) is 31.6 Å². The van der Waals surface area contributed by atoms with Crippen LogP contribution in [-0.4, -0.2) is 17.9 Å². The Labute approximate surface area is 118 Å². The highest BCUT2D eigenvalue weighted by Gasteiger charge is 2.32. The second-order valence-electron chi connectivity index (χ2n) is 4.45. The molecular formula is C12H11BrClN3O. The summed E-state index contributed by atoms with van der Waals surface area (Å²) in [7, 11) is 0. The molecule has 1 fully saturated rings. The highest BCUT2D eigenvalue weighted by molar-refractivity contribution is 9.10. The average Bonchev–Trinajstić information content (AvgIpc) is 3.06.